The summed E-state index contributed by atoms with van der Waals surface area (Å²) in [6.45, 7) is 2.48. The van der Waals surface area contributed by atoms with Crippen LogP contribution in [0.4, 0.5) is 4.79 Å². The third-order valence-corrected chi connectivity index (χ3v) is 3.97. The molecule has 1 saturated heterocycles. The van der Waals surface area contributed by atoms with Gasteiger partial charge in [0.15, 0.2) is 0 Å². The highest BCUT2D eigenvalue weighted by Gasteiger charge is 2.30. The van der Waals surface area contributed by atoms with Crippen molar-refractivity contribution in [3.63, 3.8) is 0 Å². The van der Waals surface area contributed by atoms with Crippen molar-refractivity contribution in [2.24, 2.45) is 0 Å². The molecule has 2 rings (SSSR count). The second-order valence-electron chi connectivity index (χ2n) is 5.31. The van der Waals surface area contributed by atoms with Crippen LogP contribution in [0.2, 0.25) is 5.02 Å². The van der Waals surface area contributed by atoms with Crippen molar-refractivity contribution in [3.8, 4) is 0 Å². The van der Waals surface area contributed by atoms with Crippen molar-refractivity contribution in [2.75, 3.05) is 6.54 Å². The Morgan fingerprint density at radius 3 is 2.95 bits per heavy atom. The average molecular weight is 311 g/mol. The predicted molar refractivity (Wildman–Crippen MR) is 80.4 cm³/mol. The fourth-order valence-electron chi connectivity index (χ4n) is 2.64. The van der Waals surface area contributed by atoms with Gasteiger partial charge >= 0.3 is 12.0 Å². The Morgan fingerprint density at radius 2 is 2.29 bits per heavy atom. The van der Waals surface area contributed by atoms with Gasteiger partial charge in [0.05, 0.1) is 12.5 Å². The van der Waals surface area contributed by atoms with E-state index in [1.165, 1.54) is 0 Å². The van der Waals surface area contributed by atoms with E-state index in [2.05, 4.69) is 5.32 Å². The molecule has 0 aromatic heterocycles. The third kappa shape index (κ3) is 4.11. The molecule has 1 heterocycles. The van der Waals surface area contributed by atoms with E-state index in [0.29, 0.717) is 11.6 Å². The molecule has 0 bridgehead atoms. The topological polar surface area (TPSA) is 69.6 Å². The molecule has 0 aliphatic carbocycles. The summed E-state index contributed by atoms with van der Waals surface area (Å²) in [7, 11) is 0. The number of nitrogens with one attached hydrogen (secondary N) is 1. The van der Waals surface area contributed by atoms with Crippen LogP contribution < -0.4 is 5.32 Å². The van der Waals surface area contributed by atoms with Crippen molar-refractivity contribution in [1.82, 2.24) is 10.2 Å². The number of benzene rings is 1. The van der Waals surface area contributed by atoms with E-state index in [4.69, 9.17) is 16.7 Å². The molecule has 0 saturated carbocycles. The highest BCUT2D eigenvalue weighted by Crippen LogP contribution is 2.22. The standard InChI is InChI=1S/C15H19ClN2O3/c1-10(11-4-2-5-12(16)8-11)17-15(21)18-7-3-6-13(18)9-14(19)20/h2,4-5,8,10,13H,3,6-7,9H2,1H3,(H,17,21)(H,19,20). The first-order chi connectivity index (χ1) is 9.97. The van der Waals surface area contributed by atoms with Gasteiger partial charge in [-0.3, -0.25) is 4.79 Å². The number of aliphatic carboxylic acids is 1. The fraction of sp³-hybridized carbons (Fsp3) is 0.467. The summed E-state index contributed by atoms with van der Waals surface area (Å²) >= 11 is 5.94. The molecule has 0 spiro atoms. The molecule has 2 atom stereocenters. The van der Waals surface area contributed by atoms with Crippen molar-refractivity contribution >= 4 is 23.6 Å². The van der Waals surface area contributed by atoms with E-state index in [9.17, 15) is 9.59 Å². The van der Waals surface area contributed by atoms with Crippen LogP contribution in [0.25, 0.3) is 0 Å². The van der Waals surface area contributed by atoms with Crippen LogP contribution >= 0.6 is 11.6 Å². The number of halogens is 1. The lowest BCUT2D eigenvalue weighted by Crippen LogP contribution is -2.44. The van der Waals surface area contributed by atoms with Crippen LogP contribution in [0.1, 0.15) is 37.8 Å². The number of urea groups is 1. The smallest absolute Gasteiger partial charge is 0.318 e. The zero-order valence-electron chi connectivity index (χ0n) is 11.9. The number of carbonyl (C=O) groups is 2. The number of carboxylic acids is 1. The number of carbonyl (C=O) groups excluding carboxylic acids is 1. The quantitative estimate of drug-likeness (QED) is 0.898. The Labute approximate surface area is 128 Å². The maximum absolute atomic E-state index is 12.3. The van der Waals surface area contributed by atoms with E-state index in [1.807, 2.05) is 25.1 Å². The van der Waals surface area contributed by atoms with Gasteiger partial charge in [0, 0.05) is 17.6 Å². The van der Waals surface area contributed by atoms with Gasteiger partial charge in [-0.15, -0.1) is 0 Å². The first-order valence-electron chi connectivity index (χ1n) is 7.01. The number of hydrogen-bond donors (Lipinski definition) is 2. The number of likely N-dealkylation sites (tertiary alicyclic amines) is 1. The van der Waals surface area contributed by atoms with Gasteiger partial charge in [0.1, 0.15) is 0 Å². The molecule has 2 N–H and O–H groups in total. The van der Waals surface area contributed by atoms with Gasteiger partial charge < -0.3 is 15.3 Å². The Hall–Kier alpha value is -1.75. The number of amides is 2. The zero-order chi connectivity index (χ0) is 15.4. The predicted octanol–water partition coefficient (Wildman–Crippen LogP) is 3.05. The minimum Gasteiger partial charge on any atom is -0.481 e. The average Bonchev–Trinajstić information content (AvgIpc) is 2.86. The van der Waals surface area contributed by atoms with Crippen LogP contribution in [-0.2, 0) is 4.79 Å². The molecule has 1 aromatic carbocycles. The molecule has 2 amide bonds. The van der Waals surface area contributed by atoms with Gasteiger partial charge in [-0.05, 0) is 37.5 Å². The second-order valence-corrected chi connectivity index (χ2v) is 5.75. The van der Waals surface area contributed by atoms with E-state index in [1.54, 1.807) is 11.0 Å². The Balaban J connectivity index is 1.98. The number of carboxylic acid groups (broad SMARTS) is 1. The highest BCUT2D eigenvalue weighted by molar-refractivity contribution is 6.30. The molecule has 5 nitrogen and oxygen atoms in total. The normalized spacial score (nSPS) is 19.3. The van der Waals surface area contributed by atoms with Crippen LogP contribution in [0, 0.1) is 0 Å². The Kier molecular flexibility index (Phi) is 5.07. The Bertz CT molecular complexity index is 535. The molecule has 6 heteroatoms. The monoisotopic (exact) mass is 310 g/mol. The largest absolute Gasteiger partial charge is 0.481 e. The summed E-state index contributed by atoms with van der Waals surface area (Å²) in [5.41, 5.74) is 0.921. The summed E-state index contributed by atoms with van der Waals surface area (Å²) in [5, 5.41) is 12.4. The molecule has 2 unspecified atom stereocenters. The minimum atomic E-state index is -0.873. The molecule has 0 radical (unpaired) electrons. The van der Waals surface area contributed by atoms with Crippen molar-refractivity contribution in [3.05, 3.63) is 34.9 Å². The zero-order valence-corrected chi connectivity index (χ0v) is 12.6. The second kappa shape index (κ2) is 6.80. The molecular weight excluding hydrogens is 292 g/mol. The minimum absolute atomic E-state index is 0.00103. The number of nitrogens with zero attached hydrogens (tertiary/aromatic N) is 1. The molecule has 1 aromatic rings. The van der Waals surface area contributed by atoms with E-state index >= 15 is 0 Å². The molecule has 21 heavy (non-hydrogen) atoms. The first kappa shape index (κ1) is 15.6. The molecular formula is C15H19ClN2O3. The van der Waals surface area contributed by atoms with Gasteiger partial charge in [-0.1, -0.05) is 23.7 Å². The lowest BCUT2D eigenvalue weighted by molar-refractivity contribution is -0.137. The van der Waals surface area contributed by atoms with E-state index in [0.717, 1.165) is 18.4 Å². The van der Waals surface area contributed by atoms with E-state index in [-0.39, 0.29) is 24.5 Å². The van der Waals surface area contributed by atoms with Gasteiger partial charge in [-0.2, -0.15) is 0 Å². The summed E-state index contributed by atoms with van der Waals surface area (Å²) in [5.74, 6) is -0.873. The molecule has 1 aliphatic heterocycles. The maximum Gasteiger partial charge on any atom is 0.318 e. The van der Waals surface area contributed by atoms with Crippen LogP contribution in [0.3, 0.4) is 0 Å². The SMILES string of the molecule is CC(NC(=O)N1CCCC1CC(=O)O)c1cccc(Cl)c1. The summed E-state index contributed by atoms with van der Waals surface area (Å²) in [4.78, 5) is 24.7. The highest BCUT2D eigenvalue weighted by atomic mass is 35.5. The molecule has 1 aliphatic rings. The summed E-state index contributed by atoms with van der Waals surface area (Å²) < 4.78 is 0. The fourth-order valence-corrected chi connectivity index (χ4v) is 2.84. The van der Waals surface area contributed by atoms with Crippen molar-refractivity contribution < 1.29 is 14.7 Å². The van der Waals surface area contributed by atoms with Crippen molar-refractivity contribution in [1.29, 1.82) is 0 Å². The van der Waals surface area contributed by atoms with Crippen LogP contribution in [0.15, 0.2) is 24.3 Å². The lowest BCUT2D eigenvalue weighted by Gasteiger charge is -2.26. The first-order valence-corrected chi connectivity index (χ1v) is 7.39. The maximum atomic E-state index is 12.3. The van der Waals surface area contributed by atoms with Gasteiger partial charge in [0.2, 0.25) is 0 Å². The van der Waals surface area contributed by atoms with Gasteiger partial charge in [-0.25, -0.2) is 4.79 Å². The third-order valence-electron chi connectivity index (χ3n) is 3.74. The van der Waals surface area contributed by atoms with E-state index < -0.39 is 5.97 Å². The lowest BCUT2D eigenvalue weighted by atomic mass is 10.1. The molecule has 1 fully saturated rings. The Morgan fingerprint density at radius 1 is 1.52 bits per heavy atom. The van der Waals surface area contributed by atoms with Crippen molar-refractivity contribution in [2.45, 2.75) is 38.3 Å². The number of hydrogen-bond acceptors (Lipinski definition) is 2. The summed E-state index contributed by atoms with van der Waals surface area (Å²) in [6, 6.07) is 6.72. The van der Waals surface area contributed by atoms with Crippen LogP contribution in [0.5, 0.6) is 0 Å². The van der Waals surface area contributed by atoms with Crippen LogP contribution in [-0.4, -0.2) is 34.6 Å². The van der Waals surface area contributed by atoms with Gasteiger partial charge in [0.25, 0.3) is 0 Å². The molecule has 114 valence electrons. The number of rotatable bonds is 4. The summed E-state index contributed by atoms with van der Waals surface area (Å²) in [6.07, 6.45) is 1.58.